The number of hydrogen-bond acceptors (Lipinski definition) is 5. The lowest BCUT2D eigenvalue weighted by atomic mass is 10.1. The van der Waals surface area contributed by atoms with Crippen molar-refractivity contribution in [2.45, 2.75) is 20.0 Å². The summed E-state index contributed by atoms with van der Waals surface area (Å²) in [7, 11) is 0. The molecule has 2 N–H and O–H groups in total. The molecule has 0 spiro atoms. The van der Waals surface area contributed by atoms with Crippen LogP contribution in [0.15, 0.2) is 75.2 Å². The number of ether oxygens (including phenoxy) is 1. The van der Waals surface area contributed by atoms with E-state index in [1.807, 2.05) is 19.1 Å². The molecule has 0 unspecified atom stereocenters. The van der Waals surface area contributed by atoms with E-state index >= 15 is 0 Å². The van der Waals surface area contributed by atoms with Crippen LogP contribution in [0.1, 0.15) is 34.0 Å². The molecule has 0 atom stereocenters. The number of anilines is 1. The number of aromatic carboxylic acids is 1. The van der Waals surface area contributed by atoms with E-state index in [1.165, 1.54) is 18.2 Å². The van der Waals surface area contributed by atoms with Crippen molar-refractivity contribution in [2.24, 2.45) is 0 Å². The Morgan fingerprint density at radius 2 is 1.57 bits per heavy atom. The fourth-order valence-electron chi connectivity index (χ4n) is 3.64. The van der Waals surface area contributed by atoms with Gasteiger partial charge in [0.2, 0.25) is 0 Å². The lowest BCUT2D eigenvalue weighted by Crippen LogP contribution is -2.54. The second-order valence-corrected chi connectivity index (χ2v) is 9.79. The summed E-state index contributed by atoms with van der Waals surface area (Å²) < 4.78 is 7.00. The summed E-state index contributed by atoms with van der Waals surface area (Å²) >= 11 is 6.91. The Balaban J connectivity index is 1.56. The molecule has 4 amide bonds. The highest BCUT2D eigenvalue weighted by atomic mass is 79.9. The third-order valence-electron chi connectivity index (χ3n) is 5.62. The molecule has 1 saturated heterocycles. The van der Waals surface area contributed by atoms with Gasteiger partial charge < -0.3 is 9.84 Å². The van der Waals surface area contributed by atoms with Gasteiger partial charge in [-0.1, -0.05) is 31.2 Å². The molecule has 3 aromatic carbocycles. The first-order valence-corrected chi connectivity index (χ1v) is 12.7. The number of benzene rings is 3. The zero-order chi connectivity index (χ0) is 26.7. The molecule has 1 fully saturated rings. The van der Waals surface area contributed by atoms with E-state index in [0.29, 0.717) is 25.9 Å². The van der Waals surface area contributed by atoms with Crippen molar-refractivity contribution in [3.8, 4) is 5.75 Å². The van der Waals surface area contributed by atoms with Crippen molar-refractivity contribution >= 4 is 67.4 Å². The number of rotatable bonds is 7. The predicted octanol–water partition coefficient (Wildman–Crippen LogP) is 5.72. The molecule has 0 radical (unpaired) electrons. The SMILES string of the molecule is CCc1ccc(N2C(=O)NC(=O)C(=Cc3cc(Br)c(OCc4ccc(C(=O)O)cc4)c(Br)c3)C2=O)cc1. The maximum atomic E-state index is 13.2. The number of aryl methyl sites for hydroxylation is 1. The summed E-state index contributed by atoms with van der Waals surface area (Å²) in [6, 6.07) is 15.9. The van der Waals surface area contributed by atoms with Crippen molar-refractivity contribution in [1.82, 2.24) is 5.32 Å². The van der Waals surface area contributed by atoms with Gasteiger partial charge in [-0.2, -0.15) is 0 Å². The Morgan fingerprint density at radius 3 is 2.14 bits per heavy atom. The molecule has 10 heteroatoms. The molecule has 0 aliphatic carbocycles. The van der Waals surface area contributed by atoms with Crippen LogP contribution < -0.4 is 15.0 Å². The van der Waals surface area contributed by atoms with Gasteiger partial charge in [-0.05, 0) is 97.4 Å². The summed E-state index contributed by atoms with van der Waals surface area (Å²) in [4.78, 5) is 50.1. The summed E-state index contributed by atoms with van der Waals surface area (Å²) in [5, 5.41) is 11.2. The second kappa shape index (κ2) is 11.1. The van der Waals surface area contributed by atoms with Crippen LogP contribution in [-0.2, 0) is 22.6 Å². The number of carboxylic acids is 1. The van der Waals surface area contributed by atoms with Crippen LogP contribution in [0.5, 0.6) is 5.75 Å². The van der Waals surface area contributed by atoms with Gasteiger partial charge in [0.05, 0.1) is 20.2 Å². The molecule has 1 heterocycles. The van der Waals surface area contributed by atoms with Gasteiger partial charge >= 0.3 is 12.0 Å². The van der Waals surface area contributed by atoms with E-state index in [0.717, 1.165) is 22.4 Å². The van der Waals surface area contributed by atoms with Crippen molar-refractivity contribution < 1.29 is 29.0 Å². The highest BCUT2D eigenvalue weighted by Gasteiger charge is 2.36. The molecule has 188 valence electrons. The van der Waals surface area contributed by atoms with Crippen molar-refractivity contribution in [1.29, 1.82) is 0 Å². The number of carbonyl (C=O) groups excluding carboxylic acids is 3. The number of hydrogen-bond donors (Lipinski definition) is 2. The molecular formula is C27H20Br2N2O6. The number of nitrogens with zero attached hydrogens (tertiary/aromatic N) is 1. The van der Waals surface area contributed by atoms with E-state index < -0.39 is 23.8 Å². The normalized spacial score (nSPS) is 14.6. The summed E-state index contributed by atoms with van der Waals surface area (Å²) in [5.74, 6) is -2.03. The number of amides is 4. The number of carboxylic acid groups (broad SMARTS) is 1. The molecule has 1 aliphatic heterocycles. The monoisotopic (exact) mass is 626 g/mol. The van der Waals surface area contributed by atoms with Gasteiger partial charge in [-0.15, -0.1) is 0 Å². The molecule has 0 aromatic heterocycles. The first-order chi connectivity index (χ1) is 17.7. The Morgan fingerprint density at radius 1 is 0.973 bits per heavy atom. The van der Waals surface area contributed by atoms with Crippen LogP contribution in [0.2, 0.25) is 0 Å². The van der Waals surface area contributed by atoms with Crippen molar-refractivity contribution in [3.63, 3.8) is 0 Å². The van der Waals surface area contributed by atoms with Crippen LogP contribution >= 0.6 is 31.9 Å². The number of carbonyl (C=O) groups is 4. The van der Waals surface area contributed by atoms with Gasteiger partial charge in [0, 0.05) is 0 Å². The standard InChI is InChI=1S/C27H20Br2N2O6/c1-2-15-5-9-19(10-6-15)31-25(33)20(24(32)30-27(31)36)11-17-12-21(28)23(22(29)13-17)37-14-16-3-7-18(8-4-16)26(34)35/h3-13H,2,14H2,1H3,(H,34,35)(H,30,32,36). The zero-order valence-electron chi connectivity index (χ0n) is 19.5. The fraction of sp³-hybridized carbons (Fsp3) is 0.111. The largest absolute Gasteiger partial charge is 0.487 e. The van der Waals surface area contributed by atoms with E-state index in [9.17, 15) is 19.2 Å². The molecule has 0 bridgehead atoms. The maximum Gasteiger partial charge on any atom is 0.335 e. The second-order valence-electron chi connectivity index (χ2n) is 8.08. The molecule has 37 heavy (non-hydrogen) atoms. The van der Waals surface area contributed by atoms with Crippen LogP contribution in [0, 0.1) is 0 Å². The fourth-order valence-corrected chi connectivity index (χ4v) is 5.09. The number of imide groups is 2. The Hall–Kier alpha value is -3.76. The first-order valence-electron chi connectivity index (χ1n) is 11.1. The molecule has 4 rings (SSSR count). The zero-order valence-corrected chi connectivity index (χ0v) is 22.6. The lowest BCUT2D eigenvalue weighted by molar-refractivity contribution is -0.122. The number of nitrogens with one attached hydrogen (secondary N) is 1. The van der Waals surface area contributed by atoms with E-state index in [-0.39, 0.29) is 17.7 Å². The van der Waals surface area contributed by atoms with E-state index in [1.54, 1.807) is 36.4 Å². The van der Waals surface area contributed by atoms with Gasteiger partial charge in [0.1, 0.15) is 17.9 Å². The van der Waals surface area contributed by atoms with Crippen LogP contribution in [0.3, 0.4) is 0 Å². The summed E-state index contributed by atoms with van der Waals surface area (Å²) in [6.07, 6.45) is 2.21. The quantitative estimate of drug-likeness (QED) is 0.256. The highest BCUT2D eigenvalue weighted by Crippen LogP contribution is 2.36. The number of halogens is 2. The minimum absolute atomic E-state index is 0.183. The van der Waals surface area contributed by atoms with Gasteiger partial charge in [0.25, 0.3) is 11.8 Å². The summed E-state index contributed by atoms with van der Waals surface area (Å²) in [6.45, 7) is 2.19. The minimum Gasteiger partial charge on any atom is -0.487 e. The van der Waals surface area contributed by atoms with E-state index in [2.05, 4.69) is 37.2 Å². The van der Waals surface area contributed by atoms with Crippen LogP contribution in [-0.4, -0.2) is 28.9 Å². The van der Waals surface area contributed by atoms with Crippen LogP contribution in [0.25, 0.3) is 6.08 Å². The van der Waals surface area contributed by atoms with Gasteiger partial charge in [-0.25, -0.2) is 14.5 Å². The maximum absolute atomic E-state index is 13.2. The molecule has 1 aliphatic rings. The average molecular weight is 628 g/mol. The highest BCUT2D eigenvalue weighted by molar-refractivity contribution is 9.11. The minimum atomic E-state index is -1.00. The van der Waals surface area contributed by atoms with E-state index in [4.69, 9.17) is 9.84 Å². The third kappa shape index (κ3) is 5.81. The topological polar surface area (TPSA) is 113 Å². The molecule has 8 nitrogen and oxygen atoms in total. The predicted molar refractivity (Wildman–Crippen MR) is 144 cm³/mol. The van der Waals surface area contributed by atoms with Gasteiger partial charge in [0.15, 0.2) is 0 Å². The lowest BCUT2D eigenvalue weighted by Gasteiger charge is -2.26. The number of barbiturate groups is 1. The number of urea groups is 1. The molecule has 3 aromatic rings. The van der Waals surface area contributed by atoms with Crippen molar-refractivity contribution in [2.75, 3.05) is 4.90 Å². The Kier molecular flexibility index (Phi) is 7.89. The Labute approximate surface area is 229 Å². The smallest absolute Gasteiger partial charge is 0.335 e. The first kappa shape index (κ1) is 26.3. The third-order valence-corrected chi connectivity index (χ3v) is 6.80. The summed E-state index contributed by atoms with van der Waals surface area (Å²) in [5.41, 5.74) is 2.70. The molecule has 0 saturated carbocycles. The van der Waals surface area contributed by atoms with Crippen molar-refractivity contribution in [3.05, 3.63) is 97.4 Å². The average Bonchev–Trinajstić information content (AvgIpc) is 2.86. The van der Waals surface area contributed by atoms with Crippen LogP contribution in [0.4, 0.5) is 10.5 Å². The molecular weight excluding hydrogens is 608 g/mol. The Bertz CT molecular complexity index is 1410. The van der Waals surface area contributed by atoms with Gasteiger partial charge in [-0.3, -0.25) is 14.9 Å².